The van der Waals surface area contributed by atoms with Gasteiger partial charge < -0.3 is 18.9 Å². The topological polar surface area (TPSA) is 36.9 Å². The monoisotopic (exact) mass is 636 g/mol. The number of rotatable bonds is 12. The van der Waals surface area contributed by atoms with E-state index in [9.17, 15) is 0 Å². The van der Waals surface area contributed by atoms with E-state index in [0.29, 0.717) is 26.4 Å². The first kappa shape index (κ1) is 33.9. The SMILES string of the molecule is Cc1ccc(OCc2cccc(COc3ccc(C)cc3)c2)cc1.Cc1ccc(OCc2ccccc2COc2ccc(C)cc2)cc1. The lowest BCUT2D eigenvalue weighted by Crippen LogP contribution is -2.03. The highest BCUT2D eigenvalue weighted by molar-refractivity contribution is 5.32. The Hall–Kier alpha value is -5.48. The third-order valence-corrected chi connectivity index (χ3v) is 7.79. The first-order chi connectivity index (χ1) is 23.4. The highest BCUT2D eigenvalue weighted by Crippen LogP contribution is 2.20. The zero-order valence-electron chi connectivity index (χ0n) is 28.3. The van der Waals surface area contributed by atoms with Crippen molar-refractivity contribution in [2.24, 2.45) is 0 Å². The molecule has 0 aromatic heterocycles. The van der Waals surface area contributed by atoms with Crippen LogP contribution in [0.2, 0.25) is 0 Å². The maximum Gasteiger partial charge on any atom is 0.119 e. The summed E-state index contributed by atoms with van der Waals surface area (Å²) in [6, 6.07) is 49.0. The molecule has 6 aromatic carbocycles. The Balaban J connectivity index is 0.000000188. The molecule has 6 rings (SSSR count). The largest absolute Gasteiger partial charge is 0.489 e. The molecule has 4 nitrogen and oxygen atoms in total. The summed E-state index contributed by atoms with van der Waals surface area (Å²) in [5, 5.41) is 0. The van der Waals surface area contributed by atoms with Crippen LogP contribution < -0.4 is 18.9 Å². The van der Waals surface area contributed by atoms with Gasteiger partial charge in [-0.2, -0.15) is 0 Å². The number of benzene rings is 6. The average molecular weight is 637 g/mol. The van der Waals surface area contributed by atoms with Crippen molar-refractivity contribution >= 4 is 0 Å². The van der Waals surface area contributed by atoms with Gasteiger partial charge in [0.2, 0.25) is 0 Å². The first-order valence-corrected chi connectivity index (χ1v) is 16.3. The third-order valence-electron chi connectivity index (χ3n) is 7.79. The summed E-state index contributed by atoms with van der Waals surface area (Å²) in [5.74, 6) is 3.55. The van der Waals surface area contributed by atoms with Crippen LogP contribution in [0.4, 0.5) is 0 Å². The van der Waals surface area contributed by atoms with Gasteiger partial charge >= 0.3 is 0 Å². The van der Waals surface area contributed by atoms with E-state index in [1.54, 1.807) is 0 Å². The lowest BCUT2D eigenvalue weighted by Gasteiger charge is -2.12. The van der Waals surface area contributed by atoms with Gasteiger partial charge in [-0.05, 0) is 105 Å². The van der Waals surface area contributed by atoms with Crippen LogP contribution in [0, 0.1) is 27.7 Å². The van der Waals surface area contributed by atoms with Crippen molar-refractivity contribution in [1.82, 2.24) is 0 Å². The lowest BCUT2D eigenvalue weighted by atomic mass is 10.1. The minimum atomic E-state index is 0.538. The standard InChI is InChI=1S/2C22H22O2/c1-17-6-10-21(11-7-17)23-15-19-4-3-5-20(14-19)16-24-22-12-8-18(2)9-13-22;1-17-7-11-21(12-8-17)23-15-19-5-3-4-6-20(19)16-24-22-13-9-18(2)10-14-22/h2*3-14H,15-16H2,1-2H3. The summed E-state index contributed by atoms with van der Waals surface area (Å²) in [6.45, 7) is 10.5. The Morgan fingerprint density at radius 3 is 0.917 bits per heavy atom. The number of aryl methyl sites for hydroxylation is 4. The molecule has 0 aliphatic rings. The van der Waals surface area contributed by atoms with Gasteiger partial charge in [0.1, 0.15) is 49.4 Å². The summed E-state index contributed by atoms with van der Waals surface area (Å²) >= 11 is 0. The Bertz CT molecular complexity index is 1690. The van der Waals surface area contributed by atoms with Crippen molar-refractivity contribution < 1.29 is 18.9 Å². The second-order valence-corrected chi connectivity index (χ2v) is 12.0. The molecule has 0 saturated carbocycles. The van der Waals surface area contributed by atoms with Crippen LogP contribution in [0.1, 0.15) is 44.5 Å². The fourth-order valence-corrected chi connectivity index (χ4v) is 4.84. The molecule has 0 unspecified atom stereocenters. The minimum Gasteiger partial charge on any atom is -0.489 e. The fourth-order valence-electron chi connectivity index (χ4n) is 4.84. The lowest BCUT2D eigenvalue weighted by molar-refractivity contribution is 0.285. The summed E-state index contributed by atoms with van der Waals surface area (Å²) in [6.07, 6.45) is 0. The molecule has 0 spiro atoms. The summed E-state index contributed by atoms with van der Waals surface area (Å²) in [5.41, 5.74) is 9.50. The highest BCUT2D eigenvalue weighted by Gasteiger charge is 2.05. The van der Waals surface area contributed by atoms with E-state index in [4.69, 9.17) is 18.9 Å². The third kappa shape index (κ3) is 11.1. The van der Waals surface area contributed by atoms with Crippen molar-refractivity contribution in [3.63, 3.8) is 0 Å². The number of ether oxygens (including phenoxy) is 4. The molecular weight excluding hydrogens is 592 g/mol. The molecule has 48 heavy (non-hydrogen) atoms. The van der Waals surface area contributed by atoms with Gasteiger partial charge in [0.25, 0.3) is 0 Å². The average Bonchev–Trinajstić information content (AvgIpc) is 3.11. The normalized spacial score (nSPS) is 10.4. The van der Waals surface area contributed by atoms with Gasteiger partial charge in [-0.25, -0.2) is 0 Å². The second kappa shape index (κ2) is 17.4. The molecular formula is C44H44O4. The molecule has 0 aliphatic heterocycles. The predicted molar refractivity (Wildman–Crippen MR) is 195 cm³/mol. The molecule has 244 valence electrons. The van der Waals surface area contributed by atoms with Gasteiger partial charge in [-0.15, -0.1) is 0 Å². The van der Waals surface area contributed by atoms with Gasteiger partial charge in [0.05, 0.1) is 0 Å². The Kier molecular flexibility index (Phi) is 12.3. The van der Waals surface area contributed by atoms with E-state index < -0.39 is 0 Å². The number of hydrogen-bond acceptors (Lipinski definition) is 4. The number of hydrogen-bond donors (Lipinski definition) is 0. The molecule has 0 heterocycles. The summed E-state index contributed by atoms with van der Waals surface area (Å²) < 4.78 is 23.5. The van der Waals surface area contributed by atoms with Gasteiger partial charge in [-0.1, -0.05) is 113 Å². The summed E-state index contributed by atoms with van der Waals surface area (Å²) in [4.78, 5) is 0. The van der Waals surface area contributed by atoms with E-state index in [0.717, 1.165) is 45.3 Å². The Labute approximate surface area is 285 Å². The zero-order chi connectivity index (χ0) is 33.6. The van der Waals surface area contributed by atoms with Crippen LogP contribution in [0.3, 0.4) is 0 Å². The van der Waals surface area contributed by atoms with Crippen LogP contribution in [-0.2, 0) is 26.4 Å². The summed E-state index contributed by atoms with van der Waals surface area (Å²) in [7, 11) is 0. The maximum absolute atomic E-state index is 5.90. The van der Waals surface area contributed by atoms with Crippen molar-refractivity contribution in [3.8, 4) is 23.0 Å². The van der Waals surface area contributed by atoms with E-state index in [1.165, 1.54) is 22.3 Å². The van der Waals surface area contributed by atoms with E-state index in [1.807, 2.05) is 66.7 Å². The van der Waals surface area contributed by atoms with E-state index >= 15 is 0 Å². The van der Waals surface area contributed by atoms with Crippen LogP contribution in [0.15, 0.2) is 146 Å². The fraction of sp³-hybridized carbons (Fsp3) is 0.182. The molecule has 0 bridgehead atoms. The molecule has 0 N–H and O–H groups in total. The van der Waals surface area contributed by atoms with Crippen molar-refractivity contribution in [2.45, 2.75) is 54.1 Å². The Morgan fingerprint density at radius 1 is 0.312 bits per heavy atom. The van der Waals surface area contributed by atoms with Crippen LogP contribution in [0.5, 0.6) is 23.0 Å². The van der Waals surface area contributed by atoms with Crippen LogP contribution in [-0.4, -0.2) is 0 Å². The molecule has 0 saturated heterocycles. The molecule has 0 fully saturated rings. The quantitative estimate of drug-likeness (QED) is 0.134. The molecule has 0 atom stereocenters. The van der Waals surface area contributed by atoms with Gasteiger partial charge in [-0.3, -0.25) is 0 Å². The highest BCUT2D eigenvalue weighted by atomic mass is 16.5. The van der Waals surface area contributed by atoms with Crippen molar-refractivity contribution in [3.05, 3.63) is 190 Å². The first-order valence-electron chi connectivity index (χ1n) is 16.3. The minimum absolute atomic E-state index is 0.538. The van der Waals surface area contributed by atoms with Crippen molar-refractivity contribution in [2.75, 3.05) is 0 Å². The smallest absolute Gasteiger partial charge is 0.119 e. The molecule has 4 heteroatoms. The van der Waals surface area contributed by atoms with Gasteiger partial charge in [0, 0.05) is 0 Å². The van der Waals surface area contributed by atoms with E-state index in [-0.39, 0.29) is 0 Å². The molecule has 0 amide bonds. The Morgan fingerprint density at radius 2 is 0.604 bits per heavy atom. The molecule has 0 aliphatic carbocycles. The van der Waals surface area contributed by atoms with E-state index in [2.05, 4.69) is 107 Å². The zero-order valence-corrected chi connectivity index (χ0v) is 28.3. The van der Waals surface area contributed by atoms with Crippen LogP contribution in [0.25, 0.3) is 0 Å². The maximum atomic E-state index is 5.90. The molecule has 6 aromatic rings. The van der Waals surface area contributed by atoms with Gasteiger partial charge in [0.15, 0.2) is 0 Å². The van der Waals surface area contributed by atoms with Crippen molar-refractivity contribution in [1.29, 1.82) is 0 Å². The van der Waals surface area contributed by atoms with Crippen LogP contribution >= 0.6 is 0 Å². The predicted octanol–water partition coefficient (Wildman–Crippen LogP) is 10.9. The second-order valence-electron chi connectivity index (χ2n) is 12.0. The molecule has 0 radical (unpaired) electrons.